The van der Waals surface area contributed by atoms with Gasteiger partial charge in [-0.05, 0) is 47.9 Å². The zero-order chi connectivity index (χ0) is 12.5. The van der Waals surface area contributed by atoms with Crippen LogP contribution >= 0.6 is 15.9 Å². The first-order valence-corrected chi connectivity index (χ1v) is 6.74. The number of ether oxygens (including phenoxy) is 1. The second kappa shape index (κ2) is 4.65. The lowest BCUT2D eigenvalue weighted by Crippen LogP contribution is -2.05. The molecule has 0 saturated carbocycles. The van der Waals surface area contributed by atoms with Crippen LogP contribution in [-0.4, -0.2) is 7.11 Å². The van der Waals surface area contributed by atoms with Crippen LogP contribution < -0.4 is 10.1 Å². The van der Waals surface area contributed by atoms with Gasteiger partial charge in [-0.3, -0.25) is 0 Å². The number of fused-ring (bicyclic) bond motifs is 1. The number of hydrogen-bond donors (Lipinski definition) is 1. The van der Waals surface area contributed by atoms with Crippen LogP contribution in [0.2, 0.25) is 0 Å². The van der Waals surface area contributed by atoms with Crippen molar-refractivity contribution in [3.8, 4) is 5.75 Å². The van der Waals surface area contributed by atoms with Crippen LogP contribution in [0.4, 0.5) is 5.69 Å². The number of hydrogen-bond acceptors (Lipinski definition) is 2. The average molecular weight is 304 g/mol. The summed E-state index contributed by atoms with van der Waals surface area (Å²) in [4.78, 5) is 0. The van der Waals surface area contributed by atoms with Gasteiger partial charge >= 0.3 is 0 Å². The van der Waals surface area contributed by atoms with E-state index in [4.69, 9.17) is 4.74 Å². The van der Waals surface area contributed by atoms with Crippen LogP contribution in [0.25, 0.3) is 0 Å². The smallest absolute Gasteiger partial charge is 0.119 e. The lowest BCUT2D eigenvalue weighted by Gasteiger charge is -2.11. The van der Waals surface area contributed by atoms with Gasteiger partial charge in [-0.15, -0.1) is 0 Å². The van der Waals surface area contributed by atoms with E-state index in [1.165, 1.54) is 16.8 Å². The van der Waals surface area contributed by atoms with Crippen molar-refractivity contribution >= 4 is 21.6 Å². The van der Waals surface area contributed by atoms with Crippen LogP contribution in [0.1, 0.15) is 17.2 Å². The minimum Gasteiger partial charge on any atom is -0.497 e. The topological polar surface area (TPSA) is 21.3 Å². The summed E-state index contributed by atoms with van der Waals surface area (Å²) in [7, 11) is 1.70. The summed E-state index contributed by atoms with van der Waals surface area (Å²) in [5.41, 5.74) is 3.85. The Labute approximate surface area is 115 Å². The van der Waals surface area contributed by atoms with Gasteiger partial charge < -0.3 is 10.1 Å². The van der Waals surface area contributed by atoms with Crippen molar-refractivity contribution in [3.05, 3.63) is 58.1 Å². The van der Waals surface area contributed by atoms with Gasteiger partial charge in [0.1, 0.15) is 5.75 Å². The molecule has 1 aliphatic rings. The Hall–Kier alpha value is -1.48. The molecule has 3 heteroatoms. The van der Waals surface area contributed by atoms with E-state index in [0.717, 1.165) is 16.6 Å². The van der Waals surface area contributed by atoms with Crippen LogP contribution in [0.3, 0.4) is 0 Å². The van der Waals surface area contributed by atoms with Crippen molar-refractivity contribution in [3.63, 3.8) is 0 Å². The molecule has 18 heavy (non-hydrogen) atoms. The number of halogens is 1. The Bertz CT molecular complexity index is 565. The Morgan fingerprint density at radius 2 is 1.94 bits per heavy atom. The molecular weight excluding hydrogens is 290 g/mol. The van der Waals surface area contributed by atoms with Gasteiger partial charge in [0.25, 0.3) is 0 Å². The normalized spacial score (nSPS) is 17.1. The predicted molar refractivity (Wildman–Crippen MR) is 77.2 cm³/mol. The molecule has 2 aromatic carbocycles. The van der Waals surface area contributed by atoms with Gasteiger partial charge in [0, 0.05) is 10.2 Å². The van der Waals surface area contributed by atoms with Gasteiger partial charge in [-0.2, -0.15) is 0 Å². The number of anilines is 1. The number of rotatable bonds is 2. The van der Waals surface area contributed by atoms with E-state index in [0.29, 0.717) is 6.04 Å². The minimum absolute atomic E-state index is 0.361. The fraction of sp³-hybridized carbons (Fsp3) is 0.200. The molecular formula is C15H14BrNO. The van der Waals surface area contributed by atoms with Crippen molar-refractivity contribution in [1.82, 2.24) is 0 Å². The summed E-state index contributed by atoms with van der Waals surface area (Å²) in [6, 6.07) is 15.0. The minimum atomic E-state index is 0.361. The Morgan fingerprint density at radius 3 is 2.67 bits per heavy atom. The maximum atomic E-state index is 5.26. The van der Waals surface area contributed by atoms with Crippen LogP contribution in [0, 0.1) is 0 Å². The molecule has 0 amide bonds. The third-order valence-corrected chi connectivity index (χ3v) is 3.87. The SMILES string of the molecule is COc1ccc2c(c1)CC(c1ccc(Br)cc1)N2. The molecule has 2 aromatic rings. The monoisotopic (exact) mass is 303 g/mol. The third kappa shape index (κ3) is 2.10. The van der Waals surface area contributed by atoms with Gasteiger partial charge in [0.2, 0.25) is 0 Å². The second-order valence-corrected chi connectivity index (χ2v) is 5.39. The van der Waals surface area contributed by atoms with E-state index < -0.39 is 0 Å². The zero-order valence-corrected chi connectivity index (χ0v) is 11.7. The van der Waals surface area contributed by atoms with Gasteiger partial charge in [-0.25, -0.2) is 0 Å². The average Bonchev–Trinajstić information content (AvgIpc) is 2.82. The molecule has 1 heterocycles. The highest BCUT2D eigenvalue weighted by atomic mass is 79.9. The van der Waals surface area contributed by atoms with Crippen molar-refractivity contribution in [1.29, 1.82) is 0 Å². The molecule has 92 valence electrons. The molecule has 2 nitrogen and oxygen atoms in total. The summed E-state index contributed by atoms with van der Waals surface area (Å²) < 4.78 is 6.38. The fourth-order valence-electron chi connectivity index (χ4n) is 2.36. The Kier molecular flexibility index (Phi) is 3.00. The summed E-state index contributed by atoms with van der Waals surface area (Å²) in [5, 5.41) is 3.55. The molecule has 0 fully saturated rings. The summed E-state index contributed by atoms with van der Waals surface area (Å²) >= 11 is 3.46. The number of nitrogens with one attached hydrogen (secondary N) is 1. The van der Waals surface area contributed by atoms with Crippen molar-refractivity contribution in [2.24, 2.45) is 0 Å². The molecule has 0 aliphatic carbocycles. The lowest BCUT2D eigenvalue weighted by molar-refractivity contribution is 0.414. The van der Waals surface area contributed by atoms with Crippen molar-refractivity contribution in [2.45, 2.75) is 12.5 Å². The molecule has 0 saturated heterocycles. The van der Waals surface area contributed by atoms with Crippen molar-refractivity contribution < 1.29 is 4.74 Å². The molecule has 1 N–H and O–H groups in total. The van der Waals surface area contributed by atoms with Crippen molar-refractivity contribution in [2.75, 3.05) is 12.4 Å². The first-order chi connectivity index (χ1) is 8.76. The lowest BCUT2D eigenvalue weighted by atomic mass is 10.0. The first kappa shape index (κ1) is 11.6. The van der Waals surface area contributed by atoms with E-state index in [1.54, 1.807) is 7.11 Å². The maximum absolute atomic E-state index is 5.26. The Balaban J connectivity index is 1.86. The highest BCUT2D eigenvalue weighted by Gasteiger charge is 2.22. The van der Waals surface area contributed by atoms with Gasteiger partial charge in [-0.1, -0.05) is 28.1 Å². The molecule has 1 atom stereocenters. The van der Waals surface area contributed by atoms with Crippen LogP contribution in [0.15, 0.2) is 46.9 Å². The third-order valence-electron chi connectivity index (χ3n) is 3.34. The van der Waals surface area contributed by atoms with E-state index >= 15 is 0 Å². The highest BCUT2D eigenvalue weighted by molar-refractivity contribution is 9.10. The molecule has 0 spiro atoms. The Morgan fingerprint density at radius 1 is 1.17 bits per heavy atom. The van der Waals surface area contributed by atoms with Gasteiger partial charge in [0.15, 0.2) is 0 Å². The molecule has 0 bridgehead atoms. The predicted octanol–water partition coefficient (Wildman–Crippen LogP) is 4.17. The fourth-order valence-corrected chi connectivity index (χ4v) is 2.63. The summed E-state index contributed by atoms with van der Waals surface area (Å²) in [6.45, 7) is 0. The number of benzene rings is 2. The molecule has 1 aliphatic heterocycles. The van der Waals surface area contributed by atoms with E-state index in [1.807, 2.05) is 6.07 Å². The molecule has 3 rings (SSSR count). The first-order valence-electron chi connectivity index (χ1n) is 5.95. The van der Waals surface area contributed by atoms with E-state index in [9.17, 15) is 0 Å². The zero-order valence-electron chi connectivity index (χ0n) is 10.1. The second-order valence-electron chi connectivity index (χ2n) is 4.48. The quantitative estimate of drug-likeness (QED) is 0.899. The van der Waals surface area contributed by atoms with Crippen LogP contribution in [0.5, 0.6) is 5.75 Å². The molecule has 0 aromatic heterocycles. The summed E-state index contributed by atoms with van der Waals surface area (Å²) in [5.74, 6) is 0.923. The standard InChI is InChI=1S/C15H14BrNO/c1-18-13-6-7-14-11(8-13)9-15(17-14)10-2-4-12(16)5-3-10/h2-8,15,17H,9H2,1H3. The van der Waals surface area contributed by atoms with E-state index in [-0.39, 0.29) is 0 Å². The molecule has 1 unspecified atom stereocenters. The molecule has 0 radical (unpaired) electrons. The van der Waals surface area contributed by atoms with Gasteiger partial charge in [0.05, 0.1) is 13.2 Å². The highest BCUT2D eigenvalue weighted by Crippen LogP contribution is 2.36. The summed E-state index contributed by atoms with van der Waals surface area (Å²) in [6.07, 6.45) is 1.01. The largest absolute Gasteiger partial charge is 0.497 e. The number of methoxy groups -OCH3 is 1. The van der Waals surface area contributed by atoms with Crippen LogP contribution in [-0.2, 0) is 6.42 Å². The maximum Gasteiger partial charge on any atom is 0.119 e. The van der Waals surface area contributed by atoms with E-state index in [2.05, 4.69) is 57.6 Å².